The minimum atomic E-state index is 0.439. The molecule has 0 aliphatic carbocycles. The van der Waals surface area contributed by atoms with Crippen molar-refractivity contribution in [2.45, 2.75) is 0 Å². The Hall–Kier alpha value is -0.0600. The third-order valence-corrected chi connectivity index (χ3v) is 3.13. The zero-order valence-corrected chi connectivity index (χ0v) is 10.5. The van der Waals surface area contributed by atoms with Crippen molar-refractivity contribution < 1.29 is 0 Å². The molecule has 3 nitrogen and oxygen atoms in total. The van der Waals surface area contributed by atoms with Crippen molar-refractivity contribution in [1.29, 1.82) is 5.41 Å². The van der Waals surface area contributed by atoms with Gasteiger partial charge in [0.2, 0.25) is 0 Å². The number of nitrogen functional groups attached to an aromatic ring is 1. The van der Waals surface area contributed by atoms with E-state index < -0.39 is 0 Å². The smallest absolute Gasteiger partial charge is 0.0743 e. The van der Waals surface area contributed by atoms with Gasteiger partial charge in [0.15, 0.2) is 0 Å². The largest absolute Gasteiger partial charge is 0.398 e. The summed E-state index contributed by atoms with van der Waals surface area (Å²) in [5.74, 6) is 0. The summed E-state index contributed by atoms with van der Waals surface area (Å²) in [4.78, 5) is 0. The van der Waals surface area contributed by atoms with Gasteiger partial charge in [-0.05, 0) is 34.2 Å². The lowest BCUT2D eigenvalue weighted by atomic mass is 10.2. The second-order valence-electron chi connectivity index (χ2n) is 2.29. The van der Waals surface area contributed by atoms with Crippen molar-refractivity contribution in [2.75, 3.05) is 10.8 Å². The lowest BCUT2D eigenvalue weighted by Crippen LogP contribution is -1.95. The molecule has 0 saturated carbocycles. The fraction of sp³-hybridized carbons (Fsp3) is 0. The maximum absolute atomic E-state index is 7.20. The van der Waals surface area contributed by atoms with Crippen LogP contribution < -0.4 is 10.8 Å². The van der Waals surface area contributed by atoms with E-state index in [9.17, 15) is 0 Å². The number of rotatable bonds is 3. The van der Waals surface area contributed by atoms with Gasteiger partial charge in [0, 0.05) is 23.8 Å². The minimum absolute atomic E-state index is 0.439. The summed E-state index contributed by atoms with van der Waals surface area (Å²) in [6, 6.07) is 3.56. The SMILES string of the molecule is N=Cc1c(NPI)ccc(N)c1Cl. The van der Waals surface area contributed by atoms with Gasteiger partial charge in [-0.25, -0.2) is 0 Å². The van der Waals surface area contributed by atoms with E-state index in [4.69, 9.17) is 22.7 Å². The van der Waals surface area contributed by atoms with Crippen LogP contribution in [0.25, 0.3) is 0 Å². The molecule has 0 heterocycles. The van der Waals surface area contributed by atoms with E-state index in [-0.39, 0.29) is 0 Å². The zero-order valence-electron chi connectivity index (χ0n) is 6.57. The van der Waals surface area contributed by atoms with E-state index in [0.717, 1.165) is 5.69 Å². The molecule has 0 aliphatic heterocycles. The van der Waals surface area contributed by atoms with E-state index in [1.54, 1.807) is 6.07 Å². The van der Waals surface area contributed by atoms with Crippen molar-refractivity contribution in [3.05, 3.63) is 22.7 Å². The van der Waals surface area contributed by atoms with Gasteiger partial charge >= 0.3 is 0 Å². The van der Waals surface area contributed by atoms with E-state index >= 15 is 0 Å². The Morgan fingerprint density at radius 1 is 1.62 bits per heavy atom. The molecule has 70 valence electrons. The number of hydrogen-bond donors (Lipinski definition) is 3. The molecule has 0 bridgehead atoms. The molecule has 0 saturated heterocycles. The van der Waals surface area contributed by atoms with Gasteiger partial charge in [-0.2, -0.15) is 0 Å². The Balaban J connectivity index is 3.21. The quantitative estimate of drug-likeness (QED) is 0.345. The molecule has 1 unspecified atom stereocenters. The van der Waals surface area contributed by atoms with Crippen LogP contribution >= 0.6 is 40.0 Å². The highest BCUT2D eigenvalue weighted by Crippen LogP contribution is 2.32. The second kappa shape index (κ2) is 4.98. The molecule has 1 rings (SSSR count). The van der Waals surface area contributed by atoms with Crippen LogP contribution in [0.1, 0.15) is 5.56 Å². The summed E-state index contributed by atoms with van der Waals surface area (Å²) in [5.41, 5.74) is 7.59. The first-order valence-electron chi connectivity index (χ1n) is 3.40. The van der Waals surface area contributed by atoms with Gasteiger partial charge in [-0.15, -0.1) is 0 Å². The predicted molar refractivity (Wildman–Crippen MR) is 69.7 cm³/mol. The molecule has 0 fully saturated rings. The Morgan fingerprint density at radius 2 is 2.31 bits per heavy atom. The fourth-order valence-corrected chi connectivity index (χ4v) is 2.32. The normalized spacial score (nSPS) is 10.6. The first kappa shape index (κ1) is 11.0. The Kier molecular flexibility index (Phi) is 4.22. The molecule has 4 N–H and O–H groups in total. The molecular formula is C7H8ClIN3P. The summed E-state index contributed by atoms with van der Waals surface area (Å²) >= 11 is 8.13. The topological polar surface area (TPSA) is 61.9 Å². The molecule has 0 aromatic heterocycles. The molecule has 0 amide bonds. The molecule has 0 aliphatic rings. The number of halogens is 2. The first-order valence-corrected chi connectivity index (χ1v) is 7.90. The Labute approximate surface area is 96.3 Å². The van der Waals surface area contributed by atoms with Gasteiger partial charge in [0.25, 0.3) is 0 Å². The molecular weight excluding hydrogens is 319 g/mol. The lowest BCUT2D eigenvalue weighted by Gasteiger charge is -2.09. The van der Waals surface area contributed by atoms with Crippen LogP contribution in [0.2, 0.25) is 5.02 Å². The number of anilines is 2. The van der Waals surface area contributed by atoms with Gasteiger partial charge in [0.1, 0.15) is 0 Å². The van der Waals surface area contributed by atoms with E-state index in [0.29, 0.717) is 22.6 Å². The van der Waals surface area contributed by atoms with Crippen LogP contribution in [0.5, 0.6) is 0 Å². The second-order valence-corrected chi connectivity index (χ2v) is 4.73. The number of benzene rings is 1. The van der Waals surface area contributed by atoms with Crippen molar-refractivity contribution in [2.24, 2.45) is 0 Å². The third-order valence-electron chi connectivity index (χ3n) is 1.54. The van der Waals surface area contributed by atoms with Crippen molar-refractivity contribution in [1.82, 2.24) is 0 Å². The van der Waals surface area contributed by atoms with Crippen LogP contribution in [0.15, 0.2) is 12.1 Å². The highest BCUT2D eigenvalue weighted by molar-refractivity contribution is 14.2. The standard InChI is InChI=1S/C7H8ClIN3P/c8-7-4(3-10)6(12-13-9)2-1-5(7)11/h1-3,10,12-13H,11H2. The Morgan fingerprint density at radius 3 is 2.85 bits per heavy atom. The molecule has 1 aromatic carbocycles. The highest BCUT2D eigenvalue weighted by atomic mass is 127. The molecule has 1 atom stereocenters. The Bertz CT molecular complexity index is 332. The first-order chi connectivity index (χ1) is 6.20. The highest BCUT2D eigenvalue weighted by Gasteiger charge is 2.06. The molecule has 0 spiro atoms. The van der Waals surface area contributed by atoms with Crippen molar-refractivity contribution in [3.63, 3.8) is 0 Å². The average molecular weight is 327 g/mol. The van der Waals surface area contributed by atoms with Crippen LogP contribution in [0, 0.1) is 5.41 Å². The summed E-state index contributed by atoms with van der Waals surface area (Å²) in [5, 5.41) is 10.8. The monoisotopic (exact) mass is 327 g/mol. The predicted octanol–water partition coefficient (Wildman–Crippen LogP) is 3.28. The number of nitrogens with one attached hydrogen (secondary N) is 2. The van der Waals surface area contributed by atoms with Gasteiger partial charge in [-0.3, -0.25) is 0 Å². The van der Waals surface area contributed by atoms with E-state index in [2.05, 4.69) is 27.1 Å². The molecule has 1 aromatic rings. The van der Waals surface area contributed by atoms with Crippen LogP contribution in [-0.4, -0.2) is 6.21 Å². The van der Waals surface area contributed by atoms with Crippen molar-refractivity contribution in [3.8, 4) is 0 Å². The molecule has 13 heavy (non-hydrogen) atoms. The average Bonchev–Trinajstić information content (AvgIpc) is 2.12. The summed E-state index contributed by atoms with van der Waals surface area (Å²) in [6.07, 6.45) is 1.75. The van der Waals surface area contributed by atoms with Crippen LogP contribution in [-0.2, 0) is 0 Å². The van der Waals surface area contributed by atoms with Crippen LogP contribution in [0.3, 0.4) is 0 Å². The summed E-state index contributed by atoms with van der Waals surface area (Å²) in [6.45, 7) is 0. The summed E-state index contributed by atoms with van der Waals surface area (Å²) < 4.78 is 0. The van der Waals surface area contributed by atoms with Gasteiger partial charge < -0.3 is 16.2 Å². The van der Waals surface area contributed by atoms with E-state index in [1.165, 1.54) is 6.21 Å². The number of nitrogens with two attached hydrogens (primary N) is 1. The third kappa shape index (κ3) is 2.45. The maximum atomic E-state index is 7.20. The zero-order chi connectivity index (χ0) is 9.84. The lowest BCUT2D eigenvalue weighted by molar-refractivity contribution is 1.53. The molecule has 0 radical (unpaired) electrons. The maximum Gasteiger partial charge on any atom is 0.0743 e. The number of hydrogen-bond acceptors (Lipinski definition) is 3. The van der Waals surface area contributed by atoms with E-state index in [1.807, 2.05) is 6.07 Å². The van der Waals surface area contributed by atoms with Crippen LogP contribution in [0.4, 0.5) is 11.4 Å². The molecule has 6 heteroatoms. The minimum Gasteiger partial charge on any atom is -0.398 e. The fourth-order valence-electron chi connectivity index (χ4n) is 0.911. The summed E-state index contributed by atoms with van der Waals surface area (Å²) in [7, 11) is 0. The van der Waals surface area contributed by atoms with Gasteiger partial charge in [-0.1, -0.05) is 11.6 Å². The van der Waals surface area contributed by atoms with Crippen molar-refractivity contribution >= 4 is 57.6 Å². The van der Waals surface area contributed by atoms with Gasteiger partial charge in [0.05, 0.1) is 10.7 Å².